The number of anilines is 1. The number of aromatic nitrogens is 4. The maximum atomic E-state index is 13.1. The highest BCUT2D eigenvalue weighted by Crippen LogP contribution is 2.48. The molecular formula is C28H49N10O15P. The Bertz CT molecular complexity index is 1620. The zero-order chi connectivity index (χ0) is 39.2. The summed E-state index contributed by atoms with van der Waals surface area (Å²) in [6, 6.07) is -4.00. The molecule has 0 radical (unpaired) electrons. The van der Waals surface area contributed by atoms with Gasteiger partial charge in [-0.3, -0.25) is 13.6 Å². The molecule has 4 aliphatic rings. The molecule has 4 fully saturated rings. The molecule has 54 heavy (non-hydrogen) atoms. The molecule has 1 saturated carbocycles. The molecule has 0 bridgehead atoms. The van der Waals surface area contributed by atoms with Crippen LogP contribution in [0.4, 0.5) is 5.82 Å². The SMILES string of the molecule is NC[C@H]1O[C@H](O[C@H]2[C@H](O)[C@@H](O[C@H]3O[C@H](CO)[C@@H](O)[C@H](N)[C@H]3O)[C@H](N)C[C@@H]2N)[C@H](N)C[C@@H]1OP(=O)(O)OC[C@H]1O[C@@H](n2cnc3c(N)ncnc32)[C@H](O)[C@@H]1O. The lowest BCUT2D eigenvalue weighted by molar-refractivity contribution is -0.314. The second-order valence-corrected chi connectivity index (χ2v) is 15.2. The van der Waals surface area contributed by atoms with Gasteiger partial charge in [-0.1, -0.05) is 0 Å². The first-order valence-corrected chi connectivity index (χ1v) is 18.6. The number of ether oxygens (including phenoxy) is 5. The molecule has 3 aliphatic heterocycles. The lowest BCUT2D eigenvalue weighted by Gasteiger charge is -2.48. The van der Waals surface area contributed by atoms with Gasteiger partial charge >= 0.3 is 7.82 Å². The number of imidazole rings is 1. The highest BCUT2D eigenvalue weighted by atomic mass is 31.2. The number of phosphoric acid groups is 1. The number of fused-ring (bicyclic) bond motifs is 1. The summed E-state index contributed by atoms with van der Waals surface area (Å²) < 4.78 is 53.9. The standard InChI is InChI=1S/C28H49N10O15P/c29-3-12-11(53-54(45,46)47-5-14-18(41)20(43)26(48-14)38-7-37-16-24(34)35-6-36-25(16)38)2-10(32)27(49-12)51-22-8(30)1-9(31)23(21(22)44)52-28-19(42)15(33)17(40)13(4-39)50-28/h6-15,17-23,26-28,39-44H,1-5,29-33H2,(H,45,46)(H2,34,35,36)/t8-,9+,10+,11-,12+,13+,14+,15-,17+,18+,19+,20+,21-,22+,23-,26+,27+,28+/m0/s1. The minimum absolute atomic E-state index is 0.0610. The molecule has 2 aromatic heterocycles. The van der Waals surface area contributed by atoms with E-state index in [1.54, 1.807) is 0 Å². The van der Waals surface area contributed by atoms with Gasteiger partial charge in [-0.2, -0.15) is 0 Å². The van der Waals surface area contributed by atoms with Crippen LogP contribution >= 0.6 is 7.82 Å². The fourth-order valence-corrected chi connectivity index (χ4v) is 8.00. The molecule has 6 rings (SSSR count). The Kier molecular flexibility index (Phi) is 12.8. The van der Waals surface area contributed by atoms with E-state index in [0.717, 1.165) is 0 Å². The van der Waals surface area contributed by atoms with Gasteiger partial charge in [0.15, 0.2) is 30.3 Å². The van der Waals surface area contributed by atoms with Crippen molar-refractivity contribution >= 4 is 24.8 Å². The predicted octanol–water partition coefficient (Wildman–Crippen LogP) is -7.11. The first-order chi connectivity index (χ1) is 25.5. The molecule has 0 spiro atoms. The summed E-state index contributed by atoms with van der Waals surface area (Å²) in [5.74, 6) is 0.0853. The second-order valence-electron chi connectivity index (χ2n) is 13.8. The van der Waals surface area contributed by atoms with Crippen molar-refractivity contribution in [3.05, 3.63) is 12.7 Å². The zero-order valence-corrected chi connectivity index (χ0v) is 29.6. The molecular weight excluding hydrogens is 747 g/mol. The normalized spacial score (nSPS) is 44.4. The number of aliphatic hydroxyl groups excluding tert-OH is 6. The van der Waals surface area contributed by atoms with Crippen molar-refractivity contribution in [1.29, 1.82) is 0 Å². The van der Waals surface area contributed by atoms with E-state index in [1.807, 2.05) is 0 Å². The van der Waals surface area contributed by atoms with Crippen molar-refractivity contribution in [3.63, 3.8) is 0 Å². The Balaban J connectivity index is 1.04. The van der Waals surface area contributed by atoms with Crippen molar-refractivity contribution < 1.29 is 72.8 Å². The number of hydrogen-bond acceptors (Lipinski definition) is 23. The summed E-state index contributed by atoms with van der Waals surface area (Å²) in [5.41, 5.74) is 36.9. The van der Waals surface area contributed by atoms with Gasteiger partial charge < -0.3 is 93.6 Å². The van der Waals surface area contributed by atoms with E-state index >= 15 is 0 Å². The third-order valence-corrected chi connectivity index (χ3v) is 11.1. The third-order valence-electron chi connectivity index (χ3n) is 10.1. The Morgan fingerprint density at radius 3 is 2.15 bits per heavy atom. The van der Waals surface area contributed by atoms with E-state index in [9.17, 15) is 40.1 Å². The molecule has 26 heteroatoms. The molecule has 306 valence electrons. The van der Waals surface area contributed by atoms with E-state index in [1.165, 1.54) is 17.2 Å². The van der Waals surface area contributed by atoms with E-state index in [-0.39, 0.29) is 36.4 Å². The van der Waals surface area contributed by atoms with Crippen molar-refractivity contribution in [3.8, 4) is 0 Å². The highest BCUT2D eigenvalue weighted by Gasteiger charge is 2.51. The number of rotatable bonds is 12. The van der Waals surface area contributed by atoms with Crippen molar-refractivity contribution in [2.75, 3.05) is 25.5 Å². The molecule has 3 saturated heterocycles. The van der Waals surface area contributed by atoms with Crippen LogP contribution < -0.4 is 34.4 Å². The third kappa shape index (κ3) is 8.27. The fourth-order valence-electron chi connectivity index (χ4n) is 7.04. The number of aliphatic hydroxyl groups is 6. The van der Waals surface area contributed by atoms with Gasteiger partial charge in [0, 0.05) is 18.6 Å². The lowest BCUT2D eigenvalue weighted by atomic mass is 9.84. The van der Waals surface area contributed by atoms with Crippen LogP contribution in [0.25, 0.3) is 11.2 Å². The van der Waals surface area contributed by atoms with Crippen LogP contribution in [-0.2, 0) is 37.3 Å². The molecule has 25 nitrogen and oxygen atoms in total. The van der Waals surface area contributed by atoms with Crippen LogP contribution in [0.3, 0.4) is 0 Å². The minimum atomic E-state index is -4.91. The van der Waals surface area contributed by atoms with Crippen LogP contribution in [0, 0.1) is 0 Å². The number of hydrogen-bond donors (Lipinski definition) is 13. The van der Waals surface area contributed by atoms with Crippen molar-refractivity contribution in [2.45, 2.75) is 123 Å². The van der Waals surface area contributed by atoms with Crippen LogP contribution in [-0.4, -0.2) is 179 Å². The van der Waals surface area contributed by atoms with Gasteiger partial charge in [0.1, 0.15) is 66.8 Å². The van der Waals surface area contributed by atoms with Crippen LogP contribution in [0.15, 0.2) is 12.7 Å². The maximum absolute atomic E-state index is 13.1. The van der Waals surface area contributed by atoms with Crippen molar-refractivity contribution in [1.82, 2.24) is 19.5 Å². The summed E-state index contributed by atoms with van der Waals surface area (Å²) in [7, 11) is -4.91. The Hall–Kier alpha value is -2.18. The number of nitrogens with zero attached hydrogens (tertiary/aromatic N) is 4. The molecule has 5 heterocycles. The summed E-state index contributed by atoms with van der Waals surface area (Å²) in [5, 5.41) is 62.9. The van der Waals surface area contributed by atoms with E-state index in [4.69, 9.17) is 67.1 Å². The van der Waals surface area contributed by atoms with Crippen molar-refractivity contribution in [2.24, 2.45) is 28.7 Å². The van der Waals surface area contributed by atoms with Crippen LogP contribution in [0.5, 0.6) is 0 Å². The molecule has 0 aromatic carbocycles. The van der Waals surface area contributed by atoms with Gasteiger partial charge in [-0.05, 0) is 12.8 Å². The number of nitrogen functional groups attached to an aromatic ring is 1. The first-order valence-electron chi connectivity index (χ1n) is 17.1. The van der Waals surface area contributed by atoms with E-state index in [0.29, 0.717) is 0 Å². The summed E-state index contributed by atoms with van der Waals surface area (Å²) in [6.45, 7) is -1.56. The second kappa shape index (κ2) is 16.7. The van der Waals surface area contributed by atoms with Gasteiger partial charge in [0.2, 0.25) is 0 Å². The van der Waals surface area contributed by atoms with Gasteiger partial charge in [0.05, 0.1) is 43.8 Å². The van der Waals surface area contributed by atoms with E-state index < -0.39 is 131 Å². The quantitative estimate of drug-likeness (QED) is 0.0887. The average molecular weight is 797 g/mol. The maximum Gasteiger partial charge on any atom is 0.472 e. The lowest BCUT2D eigenvalue weighted by Crippen LogP contribution is -2.68. The van der Waals surface area contributed by atoms with Crippen LogP contribution in [0.1, 0.15) is 19.1 Å². The largest absolute Gasteiger partial charge is 0.472 e. The fraction of sp³-hybridized carbons (Fsp3) is 0.821. The van der Waals surface area contributed by atoms with Gasteiger partial charge in [-0.25, -0.2) is 19.5 Å². The molecule has 19 N–H and O–H groups in total. The molecule has 0 amide bonds. The molecule has 19 atom stereocenters. The van der Waals surface area contributed by atoms with Gasteiger partial charge in [0.25, 0.3) is 0 Å². The average Bonchev–Trinajstić information content (AvgIpc) is 3.68. The minimum Gasteiger partial charge on any atom is -0.394 e. The monoisotopic (exact) mass is 796 g/mol. The smallest absolute Gasteiger partial charge is 0.394 e. The molecule has 2 aromatic rings. The Labute approximate surface area is 307 Å². The Morgan fingerprint density at radius 2 is 1.48 bits per heavy atom. The predicted molar refractivity (Wildman–Crippen MR) is 179 cm³/mol. The topological polar surface area (TPSA) is 423 Å². The zero-order valence-electron chi connectivity index (χ0n) is 28.7. The van der Waals surface area contributed by atoms with Gasteiger partial charge in [-0.15, -0.1) is 0 Å². The Morgan fingerprint density at radius 1 is 0.815 bits per heavy atom. The van der Waals surface area contributed by atoms with Crippen LogP contribution in [0.2, 0.25) is 0 Å². The van der Waals surface area contributed by atoms with E-state index in [2.05, 4.69) is 15.0 Å². The summed E-state index contributed by atoms with van der Waals surface area (Å²) in [6.07, 6.45) is -16.3. The number of nitrogens with two attached hydrogens (primary N) is 6. The summed E-state index contributed by atoms with van der Waals surface area (Å²) >= 11 is 0. The summed E-state index contributed by atoms with van der Waals surface area (Å²) in [4.78, 5) is 22.7. The first kappa shape index (κ1) is 41.5. The molecule has 1 aliphatic carbocycles. The number of phosphoric ester groups is 1. The molecule has 1 unspecified atom stereocenters. The highest BCUT2D eigenvalue weighted by molar-refractivity contribution is 7.47.